The van der Waals surface area contributed by atoms with Crippen molar-refractivity contribution in [2.45, 2.75) is 0 Å². The average Bonchev–Trinajstić information content (AvgIpc) is 3.24. The van der Waals surface area contributed by atoms with Crippen LogP contribution in [0, 0.1) is 0 Å². The van der Waals surface area contributed by atoms with Gasteiger partial charge in [-0.3, -0.25) is 0 Å². The molecule has 1 saturated heterocycles. The molecule has 3 heterocycles. The molecule has 8 nitrogen and oxygen atoms in total. The first-order valence-corrected chi connectivity index (χ1v) is 10.8. The number of likely N-dealkylation sites (N-methyl/N-ethyl adjacent to an activating group) is 1. The zero-order chi connectivity index (χ0) is 22.1. The van der Waals surface area contributed by atoms with Crippen molar-refractivity contribution in [1.29, 1.82) is 0 Å². The molecule has 1 fully saturated rings. The van der Waals surface area contributed by atoms with E-state index in [1.54, 1.807) is 18.3 Å². The number of hydrogen-bond acceptors (Lipinski definition) is 7. The Labute approximate surface area is 191 Å². The molecule has 0 radical (unpaired) electrons. The molecule has 4 N–H and O–H groups in total. The highest BCUT2D eigenvalue weighted by Crippen LogP contribution is 2.32. The summed E-state index contributed by atoms with van der Waals surface area (Å²) in [5, 5.41) is 4.71. The SMILES string of the molecule is CN1CCN(c2ccc(Nc3nc(Oc4cccc(N)c4)c4cc[nH]c4n3)cc2Cl)CC1. The Morgan fingerprint density at radius 1 is 1.06 bits per heavy atom. The zero-order valence-electron chi connectivity index (χ0n) is 17.7. The number of nitrogens with one attached hydrogen (secondary N) is 2. The van der Waals surface area contributed by atoms with Crippen LogP contribution in [-0.2, 0) is 0 Å². The van der Waals surface area contributed by atoms with Crippen LogP contribution in [0.5, 0.6) is 11.6 Å². The van der Waals surface area contributed by atoms with Crippen LogP contribution in [0.4, 0.5) is 23.0 Å². The molecule has 1 aliphatic heterocycles. The second-order valence-corrected chi connectivity index (χ2v) is 8.26. The number of aromatic nitrogens is 3. The van der Waals surface area contributed by atoms with Gasteiger partial charge >= 0.3 is 0 Å². The van der Waals surface area contributed by atoms with Gasteiger partial charge in [0, 0.05) is 49.8 Å². The number of rotatable bonds is 5. The molecule has 5 rings (SSSR count). The molecule has 2 aromatic heterocycles. The van der Waals surface area contributed by atoms with Gasteiger partial charge in [0.2, 0.25) is 11.8 Å². The second kappa shape index (κ2) is 8.57. The van der Waals surface area contributed by atoms with Gasteiger partial charge in [-0.15, -0.1) is 0 Å². The third-order valence-corrected chi connectivity index (χ3v) is 5.80. The molecule has 164 valence electrons. The lowest BCUT2D eigenvalue weighted by Crippen LogP contribution is -2.44. The Morgan fingerprint density at radius 2 is 1.91 bits per heavy atom. The Hall–Kier alpha value is -3.49. The summed E-state index contributed by atoms with van der Waals surface area (Å²) >= 11 is 6.62. The maximum Gasteiger partial charge on any atom is 0.233 e. The topological polar surface area (TPSA) is 95.3 Å². The van der Waals surface area contributed by atoms with Crippen molar-refractivity contribution in [1.82, 2.24) is 19.9 Å². The van der Waals surface area contributed by atoms with Crippen LogP contribution in [-0.4, -0.2) is 53.1 Å². The van der Waals surface area contributed by atoms with Crippen LogP contribution in [0.1, 0.15) is 0 Å². The normalized spacial score (nSPS) is 14.6. The van der Waals surface area contributed by atoms with Gasteiger partial charge in [0.1, 0.15) is 11.4 Å². The zero-order valence-corrected chi connectivity index (χ0v) is 18.4. The van der Waals surface area contributed by atoms with Gasteiger partial charge < -0.3 is 30.6 Å². The van der Waals surface area contributed by atoms with Gasteiger partial charge in [0.05, 0.1) is 16.1 Å². The molecule has 0 aliphatic carbocycles. The molecule has 0 saturated carbocycles. The summed E-state index contributed by atoms with van der Waals surface area (Å²) in [5.74, 6) is 1.45. The predicted octanol–water partition coefficient (Wildman–Crippen LogP) is 4.48. The number of nitrogens with two attached hydrogens (primary N) is 1. The van der Waals surface area contributed by atoms with Crippen LogP contribution >= 0.6 is 11.6 Å². The fraction of sp³-hybridized carbons (Fsp3) is 0.217. The third-order valence-electron chi connectivity index (χ3n) is 5.50. The smallest absolute Gasteiger partial charge is 0.233 e. The van der Waals surface area contributed by atoms with Crippen molar-refractivity contribution in [3.8, 4) is 11.6 Å². The van der Waals surface area contributed by atoms with Gasteiger partial charge in [-0.05, 0) is 43.4 Å². The first-order valence-electron chi connectivity index (χ1n) is 10.4. The first-order chi connectivity index (χ1) is 15.5. The lowest BCUT2D eigenvalue weighted by molar-refractivity contribution is 0.313. The van der Waals surface area contributed by atoms with Crippen LogP contribution in [0.2, 0.25) is 5.02 Å². The fourth-order valence-corrected chi connectivity index (χ4v) is 4.05. The maximum atomic E-state index is 6.62. The van der Waals surface area contributed by atoms with Crippen molar-refractivity contribution in [2.24, 2.45) is 0 Å². The van der Waals surface area contributed by atoms with Crippen LogP contribution in [0.15, 0.2) is 54.7 Å². The summed E-state index contributed by atoms with van der Waals surface area (Å²) in [5.41, 5.74) is 9.00. The largest absolute Gasteiger partial charge is 0.438 e. The number of fused-ring (bicyclic) bond motifs is 1. The average molecular weight is 450 g/mol. The van der Waals surface area contributed by atoms with E-state index in [4.69, 9.17) is 22.1 Å². The monoisotopic (exact) mass is 449 g/mol. The number of hydrogen-bond donors (Lipinski definition) is 3. The number of piperazine rings is 1. The minimum Gasteiger partial charge on any atom is -0.438 e. The van der Waals surface area contributed by atoms with Crippen LogP contribution in [0.3, 0.4) is 0 Å². The van der Waals surface area contributed by atoms with Gasteiger partial charge in [-0.2, -0.15) is 9.97 Å². The van der Waals surface area contributed by atoms with E-state index in [-0.39, 0.29) is 0 Å². The lowest BCUT2D eigenvalue weighted by atomic mass is 10.2. The van der Waals surface area contributed by atoms with Gasteiger partial charge in [-0.1, -0.05) is 17.7 Å². The molecule has 1 aliphatic rings. The third kappa shape index (κ3) is 4.28. The van der Waals surface area contributed by atoms with Gasteiger partial charge in [0.25, 0.3) is 0 Å². The number of nitrogen functional groups attached to an aromatic ring is 1. The van der Waals surface area contributed by atoms with E-state index in [0.29, 0.717) is 33.9 Å². The molecular formula is C23H24ClN7O. The molecule has 9 heteroatoms. The van der Waals surface area contributed by atoms with Crippen molar-refractivity contribution >= 4 is 45.6 Å². The number of anilines is 4. The number of aromatic amines is 1. The number of nitrogens with zero attached hydrogens (tertiary/aromatic N) is 4. The number of H-pyrrole nitrogens is 1. The van der Waals surface area contributed by atoms with E-state index < -0.39 is 0 Å². The Bertz CT molecular complexity index is 1250. The van der Waals surface area contributed by atoms with Gasteiger partial charge in [0.15, 0.2) is 0 Å². The summed E-state index contributed by atoms with van der Waals surface area (Å²) in [4.78, 5) is 16.9. The molecule has 0 bridgehead atoms. The second-order valence-electron chi connectivity index (χ2n) is 7.85. The summed E-state index contributed by atoms with van der Waals surface area (Å²) in [7, 11) is 2.14. The van der Waals surface area contributed by atoms with Crippen LogP contribution < -0.4 is 20.7 Å². The van der Waals surface area contributed by atoms with Crippen LogP contribution in [0.25, 0.3) is 11.0 Å². The lowest BCUT2D eigenvalue weighted by Gasteiger charge is -2.34. The molecule has 2 aromatic carbocycles. The minimum absolute atomic E-state index is 0.405. The Morgan fingerprint density at radius 3 is 2.69 bits per heavy atom. The molecule has 0 atom stereocenters. The Kier molecular flexibility index (Phi) is 5.46. The highest BCUT2D eigenvalue weighted by atomic mass is 35.5. The molecule has 0 spiro atoms. The summed E-state index contributed by atoms with van der Waals surface area (Å²) in [6.45, 7) is 3.97. The molecule has 0 unspecified atom stereocenters. The van der Waals surface area contributed by atoms with E-state index in [1.807, 2.05) is 36.4 Å². The highest BCUT2D eigenvalue weighted by molar-refractivity contribution is 6.33. The quantitative estimate of drug-likeness (QED) is 0.386. The van der Waals surface area contributed by atoms with Crippen molar-refractivity contribution in [3.05, 3.63) is 59.8 Å². The number of ether oxygens (including phenoxy) is 1. The minimum atomic E-state index is 0.405. The number of benzene rings is 2. The standard InChI is InChI=1S/C23H24ClN7O/c1-30-9-11-31(12-10-30)20-6-5-16(14-19(20)24)27-23-28-21-18(7-8-26-21)22(29-23)32-17-4-2-3-15(25)13-17/h2-8,13-14H,9-12,25H2,1H3,(H2,26,27,28,29). The first kappa shape index (κ1) is 20.4. The Balaban J connectivity index is 1.40. The molecule has 32 heavy (non-hydrogen) atoms. The van der Waals surface area contributed by atoms with E-state index >= 15 is 0 Å². The van der Waals surface area contributed by atoms with Crippen molar-refractivity contribution in [3.63, 3.8) is 0 Å². The number of halogens is 1. The summed E-state index contributed by atoms with van der Waals surface area (Å²) in [6.07, 6.45) is 1.80. The van der Waals surface area contributed by atoms with E-state index in [9.17, 15) is 0 Å². The van der Waals surface area contributed by atoms with Crippen molar-refractivity contribution in [2.75, 3.05) is 49.2 Å². The summed E-state index contributed by atoms with van der Waals surface area (Å²) < 4.78 is 6.01. The maximum absolute atomic E-state index is 6.62. The molecular weight excluding hydrogens is 426 g/mol. The molecule has 4 aromatic rings. The van der Waals surface area contributed by atoms with Gasteiger partial charge in [-0.25, -0.2) is 0 Å². The fourth-order valence-electron chi connectivity index (χ4n) is 3.75. The summed E-state index contributed by atoms with van der Waals surface area (Å²) in [6, 6.07) is 15.0. The predicted molar refractivity (Wildman–Crippen MR) is 129 cm³/mol. The van der Waals surface area contributed by atoms with E-state index in [0.717, 1.165) is 42.9 Å². The van der Waals surface area contributed by atoms with E-state index in [2.05, 4.69) is 37.1 Å². The van der Waals surface area contributed by atoms with E-state index in [1.165, 1.54) is 0 Å². The highest BCUT2D eigenvalue weighted by Gasteiger charge is 2.17. The molecule has 0 amide bonds. The van der Waals surface area contributed by atoms with Crippen molar-refractivity contribution < 1.29 is 4.74 Å².